The number of rotatable bonds is 6. The van der Waals surface area contributed by atoms with E-state index in [2.05, 4.69) is 10.6 Å². The molecule has 6 nitrogen and oxygen atoms in total. The molecule has 156 valence electrons. The monoisotopic (exact) mass is 429 g/mol. The maximum absolute atomic E-state index is 12.9. The number of aromatic nitrogens is 1. The highest BCUT2D eigenvalue weighted by atomic mass is 35.5. The van der Waals surface area contributed by atoms with Gasteiger partial charge in [0.15, 0.2) is 0 Å². The molecule has 0 aliphatic heterocycles. The van der Waals surface area contributed by atoms with Crippen molar-refractivity contribution in [1.29, 1.82) is 0 Å². The first-order valence-electron chi connectivity index (χ1n) is 8.64. The van der Waals surface area contributed by atoms with E-state index in [1.807, 2.05) is 18.8 Å². The van der Waals surface area contributed by atoms with Gasteiger partial charge in [-0.2, -0.15) is 13.2 Å². The van der Waals surface area contributed by atoms with Crippen LogP contribution in [0.25, 0.3) is 0 Å². The van der Waals surface area contributed by atoms with Crippen LogP contribution in [0.3, 0.4) is 0 Å². The van der Waals surface area contributed by atoms with Crippen molar-refractivity contribution in [2.75, 3.05) is 5.32 Å². The predicted octanol–water partition coefficient (Wildman–Crippen LogP) is 3.83. The Morgan fingerprint density at radius 1 is 1.17 bits per heavy atom. The second-order valence-electron chi connectivity index (χ2n) is 6.78. The molecule has 0 fully saturated rings. The van der Waals surface area contributed by atoms with Crippen LogP contribution in [0, 0.1) is 5.92 Å². The van der Waals surface area contributed by atoms with Crippen LogP contribution >= 0.6 is 11.6 Å². The molecule has 1 aromatic carbocycles. The molecule has 29 heavy (non-hydrogen) atoms. The van der Waals surface area contributed by atoms with Gasteiger partial charge in [0, 0.05) is 16.8 Å². The molecule has 0 aliphatic rings. The van der Waals surface area contributed by atoms with Crippen molar-refractivity contribution in [3.8, 4) is 0 Å². The number of carbonyl (C=O) groups excluding carboxylic acids is 2. The molecular formula is C19H19ClF3N3O3. The second kappa shape index (κ2) is 9.13. The highest BCUT2D eigenvalue weighted by Gasteiger charge is 2.32. The first kappa shape index (κ1) is 22.5. The molecule has 1 heterocycles. The van der Waals surface area contributed by atoms with Gasteiger partial charge in [-0.05, 0) is 42.7 Å². The molecule has 10 heteroatoms. The first-order chi connectivity index (χ1) is 13.5. The Kier molecular flexibility index (Phi) is 7.07. The molecule has 0 radical (unpaired) electrons. The summed E-state index contributed by atoms with van der Waals surface area (Å²) in [5.74, 6) is -1.37. The lowest BCUT2D eigenvalue weighted by Gasteiger charge is -2.20. The molecule has 3 N–H and O–H groups in total. The van der Waals surface area contributed by atoms with Gasteiger partial charge >= 0.3 is 6.18 Å². The summed E-state index contributed by atoms with van der Waals surface area (Å²) in [4.78, 5) is 38.8. The van der Waals surface area contributed by atoms with Gasteiger partial charge in [0.1, 0.15) is 11.7 Å². The molecule has 0 saturated heterocycles. The van der Waals surface area contributed by atoms with Crippen molar-refractivity contribution in [1.82, 2.24) is 10.3 Å². The number of nitrogens with one attached hydrogen (secondary N) is 3. The van der Waals surface area contributed by atoms with Gasteiger partial charge in [-0.1, -0.05) is 25.4 Å². The molecule has 0 spiro atoms. The predicted molar refractivity (Wildman–Crippen MR) is 103 cm³/mol. The van der Waals surface area contributed by atoms with E-state index in [1.54, 1.807) is 0 Å². The van der Waals surface area contributed by atoms with E-state index in [0.717, 1.165) is 0 Å². The lowest BCUT2D eigenvalue weighted by Crippen LogP contribution is -2.45. The van der Waals surface area contributed by atoms with Crippen LogP contribution in [0.15, 0.2) is 41.3 Å². The maximum Gasteiger partial charge on any atom is 0.417 e. The average molecular weight is 430 g/mol. The third-order valence-corrected chi connectivity index (χ3v) is 4.18. The summed E-state index contributed by atoms with van der Waals surface area (Å²) in [5.41, 5.74) is -2.30. The standard InChI is InChI=1S/C19H19ClF3N3O3/c1-10(2)7-14(25-16(27)11-3-5-13(20)6-4-11)18(29)26-15-8-12(19(21,22)23)9-24-17(15)28/h3-6,8-10,14H,7H2,1-2H3,(H,24,28)(H,25,27)(H,26,29). The Balaban J connectivity index is 2.22. The Hall–Kier alpha value is -2.81. The normalized spacial score (nSPS) is 12.5. The highest BCUT2D eigenvalue weighted by Crippen LogP contribution is 2.29. The SMILES string of the molecule is CC(C)CC(NC(=O)c1ccc(Cl)cc1)C(=O)Nc1cc(C(F)(F)F)c[nH]c1=O. The molecular weight excluding hydrogens is 411 g/mol. The number of hydrogen-bond donors (Lipinski definition) is 3. The number of halogens is 4. The van der Waals surface area contributed by atoms with Crippen molar-refractivity contribution in [3.05, 3.63) is 63.0 Å². The summed E-state index contributed by atoms with van der Waals surface area (Å²) in [6, 6.07) is 5.45. The molecule has 0 aliphatic carbocycles. The van der Waals surface area contributed by atoms with E-state index in [4.69, 9.17) is 11.6 Å². The van der Waals surface area contributed by atoms with E-state index in [0.29, 0.717) is 17.3 Å². The second-order valence-corrected chi connectivity index (χ2v) is 7.22. The summed E-state index contributed by atoms with van der Waals surface area (Å²) < 4.78 is 38.6. The lowest BCUT2D eigenvalue weighted by atomic mass is 10.0. The zero-order valence-electron chi connectivity index (χ0n) is 15.6. The Morgan fingerprint density at radius 3 is 2.34 bits per heavy atom. The van der Waals surface area contributed by atoms with E-state index < -0.39 is 40.8 Å². The minimum atomic E-state index is -4.69. The van der Waals surface area contributed by atoms with Gasteiger partial charge in [0.25, 0.3) is 11.5 Å². The van der Waals surface area contributed by atoms with Gasteiger partial charge in [-0.15, -0.1) is 0 Å². The summed E-state index contributed by atoms with van der Waals surface area (Å²) in [6.45, 7) is 3.62. The molecule has 1 atom stereocenters. The van der Waals surface area contributed by atoms with Gasteiger partial charge in [0.05, 0.1) is 5.56 Å². The molecule has 0 saturated carbocycles. The molecule has 0 bridgehead atoms. The number of benzene rings is 1. The van der Waals surface area contributed by atoms with Crippen LogP contribution in [-0.2, 0) is 11.0 Å². The minimum absolute atomic E-state index is 0.0175. The fourth-order valence-corrected chi connectivity index (χ4v) is 2.63. The smallest absolute Gasteiger partial charge is 0.340 e. The first-order valence-corrected chi connectivity index (χ1v) is 9.02. The van der Waals surface area contributed by atoms with E-state index >= 15 is 0 Å². The summed E-state index contributed by atoms with van der Waals surface area (Å²) in [7, 11) is 0. The fraction of sp³-hybridized carbons (Fsp3) is 0.316. The van der Waals surface area contributed by atoms with Crippen LogP contribution in [0.5, 0.6) is 0 Å². The average Bonchev–Trinajstić information content (AvgIpc) is 2.62. The zero-order valence-corrected chi connectivity index (χ0v) is 16.3. The van der Waals surface area contributed by atoms with Crippen molar-refractivity contribution >= 4 is 29.1 Å². The minimum Gasteiger partial charge on any atom is -0.340 e. The van der Waals surface area contributed by atoms with Crippen molar-refractivity contribution in [2.45, 2.75) is 32.5 Å². The number of alkyl halides is 3. The Labute approximate surface area is 169 Å². The van der Waals surface area contributed by atoms with Crippen LogP contribution in [0.1, 0.15) is 36.2 Å². The molecule has 1 aromatic heterocycles. The topological polar surface area (TPSA) is 91.1 Å². The Morgan fingerprint density at radius 2 is 1.79 bits per heavy atom. The van der Waals surface area contributed by atoms with Gasteiger partial charge < -0.3 is 15.6 Å². The summed E-state index contributed by atoms with van der Waals surface area (Å²) >= 11 is 5.78. The molecule has 2 amide bonds. The van der Waals surface area contributed by atoms with Crippen molar-refractivity contribution in [2.24, 2.45) is 5.92 Å². The molecule has 2 rings (SSSR count). The number of anilines is 1. The van der Waals surface area contributed by atoms with Crippen LogP contribution < -0.4 is 16.2 Å². The van der Waals surface area contributed by atoms with Gasteiger partial charge in [-0.3, -0.25) is 14.4 Å². The summed E-state index contributed by atoms with van der Waals surface area (Å²) in [5, 5.41) is 5.15. The fourth-order valence-electron chi connectivity index (χ4n) is 2.51. The highest BCUT2D eigenvalue weighted by molar-refractivity contribution is 6.30. The van der Waals surface area contributed by atoms with Crippen molar-refractivity contribution in [3.63, 3.8) is 0 Å². The summed E-state index contributed by atoms with van der Waals surface area (Å²) in [6.07, 6.45) is -3.96. The number of H-pyrrole nitrogens is 1. The third-order valence-electron chi connectivity index (χ3n) is 3.92. The number of hydrogen-bond acceptors (Lipinski definition) is 3. The largest absolute Gasteiger partial charge is 0.417 e. The number of aromatic amines is 1. The van der Waals surface area contributed by atoms with Gasteiger partial charge in [-0.25, -0.2) is 0 Å². The Bertz CT molecular complexity index is 940. The number of amides is 2. The quantitative estimate of drug-likeness (QED) is 0.651. The molecule has 1 unspecified atom stereocenters. The van der Waals surface area contributed by atoms with E-state index in [-0.39, 0.29) is 17.9 Å². The lowest BCUT2D eigenvalue weighted by molar-refractivity contribution is -0.137. The zero-order chi connectivity index (χ0) is 21.8. The van der Waals surface area contributed by atoms with E-state index in [9.17, 15) is 27.6 Å². The van der Waals surface area contributed by atoms with Crippen molar-refractivity contribution < 1.29 is 22.8 Å². The third kappa shape index (κ3) is 6.35. The van der Waals surface area contributed by atoms with E-state index in [1.165, 1.54) is 24.3 Å². The number of pyridine rings is 1. The molecule has 2 aromatic rings. The van der Waals surface area contributed by atoms with Crippen LogP contribution in [0.2, 0.25) is 5.02 Å². The van der Waals surface area contributed by atoms with Gasteiger partial charge in [0.2, 0.25) is 5.91 Å². The number of carbonyl (C=O) groups is 2. The van der Waals surface area contributed by atoms with Crippen LogP contribution in [0.4, 0.5) is 18.9 Å². The van der Waals surface area contributed by atoms with Crippen LogP contribution in [-0.4, -0.2) is 22.8 Å². The maximum atomic E-state index is 12.9.